The Labute approximate surface area is 169 Å². The third-order valence-corrected chi connectivity index (χ3v) is 6.50. The molecule has 6 nitrogen and oxygen atoms in total. The van der Waals surface area contributed by atoms with E-state index in [2.05, 4.69) is 22.3 Å². The van der Waals surface area contributed by atoms with Gasteiger partial charge in [-0.05, 0) is 55.8 Å². The molecule has 0 saturated heterocycles. The fraction of sp³-hybridized carbons (Fsp3) is 0.136. The highest BCUT2D eigenvalue weighted by molar-refractivity contribution is 7.92. The molecule has 0 spiro atoms. The molecule has 0 aliphatic heterocycles. The lowest BCUT2D eigenvalue weighted by molar-refractivity contribution is 0.0999. The lowest BCUT2D eigenvalue weighted by Crippen LogP contribution is -2.17. The minimum atomic E-state index is -3.87. The number of carbonyl (C=O) groups is 1. The van der Waals surface area contributed by atoms with E-state index in [1.54, 1.807) is 19.1 Å². The number of hydrogen-bond acceptors (Lipinski definition) is 3. The molecule has 29 heavy (non-hydrogen) atoms. The molecule has 4 rings (SSSR count). The molecule has 0 aliphatic rings. The summed E-state index contributed by atoms with van der Waals surface area (Å²) in [6, 6.07) is 17.9. The van der Waals surface area contributed by atoms with Crippen molar-refractivity contribution in [3.63, 3.8) is 0 Å². The smallest absolute Gasteiger partial charge is 0.261 e. The number of para-hydroxylation sites is 1. The van der Waals surface area contributed by atoms with Crippen molar-refractivity contribution in [2.45, 2.75) is 25.3 Å². The van der Waals surface area contributed by atoms with Crippen molar-refractivity contribution in [2.75, 3.05) is 4.72 Å². The molecule has 0 fully saturated rings. The predicted molar refractivity (Wildman–Crippen MR) is 116 cm³/mol. The third-order valence-electron chi connectivity index (χ3n) is 5.13. The van der Waals surface area contributed by atoms with E-state index in [1.807, 2.05) is 30.3 Å². The Morgan fingerprint density at radius 3 is 2.45 bits per heavy atom. The van der Waals surface area contributed by atoms with Crippen LogP contribution in [0.15, 0.2) is 65.6 Å². The number of rotatable bonds is 5. The number of aryl methyl sites for hydroxylation is 2. The number of primary amides is 1. The molecule has 0 bridgehead atoms. The number of benzene rings is 3. The van der Waals surface area contributed by atoms with Gasteiger partial charge in [-0.2, -0.15) is 0 Å². The van der Waals surface area contributed by atoms with Crippen molar-refractivity contribution in [1.29, 1.82) is 0 Å². The first kappa shape index (κ1) is 19.0. The lowest BCUT2D eigenvalue weighted by Gasteiger charge is -2.11. The average molecular weight is 407 g/mol. The number of sulfonamides is 1. The summed E-state index contributed by atoms with van der Waals surface area (Å²) in [6.45, 7) is 4.60. The minimum absolute atomic E-state index is 0.00650. The topological polar surface area (TPSA) is 94.2 Å². The second kappa shape index (κ2) is 6.93. The van der Waals surface area contributed by atoms with Gasteiger partial charge in [0.25, 0.3) is 10.0 Å². The molecular formula is C22H21N3O3S. The van der Waals surface area contributed by atoms with Gasteiger partial charge in [0.15, 0.2) is 0 Å². The number of aromatic nitrogens is 1. The van der Waals surface area contributed by atoms with Crippen LogP contribution in [0.25, 0.3) is 21.8 Å². The van der Waals surface area contributed by atoms with Gasteiger partial charge in [-0.1, -0.05) is 24.3 Å². The maximum absolute atomic E-state index is 12.9. The molecule has 0 saturated carbocycles. The maximum atomic E-state index is 12.9. The van der Waals surface area contributed by atoms with E-state index >= 15 is 0 Å². The Kier molecular flexibility index (Phi) is 4.55. The van der Waals surface area contributed by atoms with Gasteiger partial charge in [-0.3, -0.25) is 9.52 Å². The van der Waals surface area contributed by atoms with Gasteiger partial charge in [-0.15, -0.1) is 0 Å². The summed E-state index contributed by atoms with van der Waals surface area (Å²) in [5, 5.41) is 2.04. The van der Waals surface area contributed by atoms with E-state index in [4.69, 9.17) is 5.73 Å². The standard InChI is InChI=1S/C22H21N3O3S/c1-3-25-20-7-5-4-6-17(20)19-12-15(9-11-21(19)25)24-29(27,28)16-10-8-14(2)18(13-16)22(23)26/h4-13,24H,3H2,1-2H3,(H2,23,26). The normalized spacial score (nSPS) is 11.8. The Hall–Kier alpha value is -3.32. The first-order chi connectivity index (χ1) is 13.8. The molecule has 3 N–H and O–H groups in total. The van der Waals surface area contributed by atoms with Gasteiger partial charge in [0.05, 0.1) is 4.90 Å². The fourth-order valence-electron chi connectivity index (χ4n) is 3.71. The van der Waals surface area contributed by atoms with Crippen LogP contribution in [-0.4, -0.2) is 18.9 Å². The van der Waals surface area contributed by atoms with E-state index in [1.165, 1.54) is 12.1 Å². The first-order valence-corrected chi connectivity index (χ1v) is 10.7. The summed E-state index contributed by atoms with van der Waals surface area (Å²) in [6.07, 6.45) is 0. The van der Waals surface area contributed by atoms with Crippen LogP contribution in [0.1, 0.15) is 22.8 Å². The summed E-state index contributed by atoms with van der Waals surface area (Å²) < 4.78 is 30.6. The molecule has 1 amide bonds. The van der Waals surface area contributed by atoms with Crippen molar-refractivity contribution >= 4 is 43.4 Å². The quantitative estimate of drug-likeness (QED) is 0.523. The molecule has 4 aromatic rings. The van der Waals surface area contributed by atoms with Gasteiger partial charge in [-0.25, -0.2) is 8.42 Å². The molecule has 3 aromatic carbocycles. The summed E-state index contributed by atoms with van der Waals surface area (Å²) in [5.41, 5.74) is 8.78. The highest BCUT2D eigenvalue weighted by Crippen LogP contribution is 2.31. The Bertz CT molecular complexity index is 1370. The molecule has 0 atom stereocenters. The predicted octanol–water partition coefficient (Wildman–Crippen LogP) is 4.02. The van der Waals surface area contributed by atoms with Crippen molar-refractivity contribution in [3.05, 3.63) is 71.8 Å². The monoisotopic (exact) mass is 407 g/mol. The van der Waals surface area contributed by atoms with Crippen LogP contribution < -0.4 is 10.5 Å². The number of amides is 1. The second-order valence-electron chi connectivity index (χ2n) is 6.94. The van der Waals surface area contributed by atoms with E-state index in [0.717, 1.165) is 28.4 Å². The number of nitrogens with one attached hydrogen (secondary N) is 1. The number of nitrogens with zero attached hydrogens (tertiary/aromatic N) is 1. The van der Waals surface area contributed by atoms with Gasteiger partial charge in [0, 0.05) is 39.6 Å². The fourth-order valence-corrected chi connectivity index (χ4v) is 4.78. The largest absolute Gasteiger partial charge is 0.366 e. The Balaban J connectivity index is 1.79. The zero-order valence-corrected chi connectivity index (χ0v) is 17.0. The number of nitrogens with two attached hydrogens (primary N) is 1. The van der Waals surface area contributed by atoms with Gasteiger partial charge in [0.1, 0.15) is 0 Å². The molecular weight excluding hydrogens is 386 g/mol. The molecule has 1 heterocycles. The Morgan fingerprint density at radius 1 is 1.00 bits per heavy atom. The van der Waals surface area contributed by atoms with E-state index in [-0.39, 0.29) is 10.5 Å². The van der Waals surface area contributed by atoms with Gasteiger partial charge >= 0.3 is 0 Å². The van der Waals surface area contributed by atoms with Crippen LogP contribution in [0.3, 0.4) is 0 Å². The molecule has 0 radical (unpaired) electrons. The third kappa shape index (κ3) is 3.23. The Morgan fingerprint density at radius 2 is 1.72 bits per heavy atom. The van der Waals surface area contributed by atoms with Crippen molar-refractivity contribution in [1.82, 2.24) is 4.57 Å². The second-order valence-corrected chi connectivity index (χ2v) is 8.62. The summed E-state index contributed by atoms with van der Waals surface area (Å²) >= 11 is 0. The van der Waals surface area contributed by atoms with Crippen LogP contribution in [-0.2, 0) is 16.6 Å². The number of fused-ring (bicyclic) bond motifs is 3. The molecule has 7 heteroatoms. The first-order valence-electron chi connectivity index (χ1n) is 9.26. The maximum Gasteiger partial charge on any atom is 0.261 e. The van der Waals surface area contributed by atoms with Crippen LogP contribution in [0, 0.1) is 6.92 Å². The van der Waals surface area contributed by atoms with E-state index in [9.17, 15) is 13.2 Å². The average Bonchev–Trinajstić information content (AvgIpc) is 3.00. The van der Waals surface area contributed by atoms with Crippen LogP contribution in [0.5, 0.6) is 0 Å². The molecule has 148 valence electrons. The van der Waals surface area contributed by atoms with Crippen LogP contribution >= 0.6 is 0 Å². The SMILES string of the molecule is CCn1c2ccccc2c2cc(NS(=O)(=O)c3ccc(C)c(C(N)=O)c3)ccc21. The van der Waals surface area contributed by atoms with Crippen LogP contribution in [0.2, 0.25) is 0 Å². The summed E-state index contributed by atoms with van der Waals surface area (Å²) in [7, 11) is -3.87. The summed E-state index contributed by atoms with van der Waals surface area (Å²) in [5.74, 6) is -0.659. The zero-order chi connectivity index (χ0) is 20.8. The minimum Gasteiger partial charge on any atom is -0.366 e. The zero-order valence-electron chi connectivity index (χ0n) is 16.1. The van der Waals surface area contributed by atoms with Crippen LogP contribution in [0.4, 0.5) is 5.69 Å². The summed E-state index contributed by atoms with van der Waals surface area (Å²) in [4.78, 5) is 11.6. The van der Waals surface area contributed by atoms with Crippen molar-refractivity contribution < 1.29 is 13.2 Å². The molecule has 0 aliphatic carbocycles. The molecule has 0 unspecified atom stereocenters. The van der Waals surface area contributed by atoms with Gasteiger partial charge in [0.2, 0.25) is 5.91 Å². The van der Waals surface area contributed by atoms with Gasteiger partial charge < -0.3 is 10.3 Å². The van der Waals surface area contributed by atoms with Crippen molar-refractivity contribution in [3.8, 4) is 0 Å². The van der Waals surface area contributed by atoms with Crippen molar-refractivity contribution in [2.24, 2.45) is 5.73 Å². The van der Waals surface area contributed by atoms with E-state index in [0.29, 0.717) is 11.3 Å². The highest BCUT2D eigenvalue weighted by Gasteiger charge is 2.18. The number of hydrogen-bond donors (Lipinski definition) is 2. The number of carbonyl (C=O) groups excluding carboxylic acids is 1. The lowest BCUT2D eigenvalue weighted by atomic mass is 10.1. The molecule has 1 aromatic heterocycles. The number of anilines is 1. The van der Waals surface area contributed by atoms with E-state index < -0.39 is 15.9 Å². The highest BCUT2D eigenvalue weighted by atomic mass is 32.2.